The largest absolute Gasteiger partial charge is 0.341 e. The minimum absolute atomic E-state index is 0.0537. The molecule has 0 radical (unpaired) electrons. The summed E-state index contributed by atoms with van der Waals surface area (Å²) in [4.78, 5) is 29.7. The Balaban J connectivity index is 1.77. The number of carbonyl (C=O) groups is 2. The Morgan fingerprint density at radius 1 is 1.04 bits per heavy atom. The monoisotopic (exact) mass is 374 g/mol. The zero-order chi connectivity index (χ0) is 18.9. The molecule has 2 saturated heterocycles. The third-order valence-corrected chi connectivity index (χ3v) is 5.86. The van der Waals surface area contributed by atoms with Crippen LogP contribution in [0.5, 0.6) is 0 Å². The van der Waals surface area contributed by atoms with E-state index in [1.54, 1.807) is 4.90 Å². The maximum absolute atomic E-state index is 13.1. The smallest absolute Gasteiger partial charge is 0.254 e. The van der Waals surface area contributed by atoms with Gasteiger partial charge in [-0.25, -0.2) is 0 Å². The predicted molar refractivity (Wildman–Crippen MR) is 108 cm³/mol. The van der Waals surface area contributed by atoms with Gasteiger partial charge in [-0.05, 0) is 48.8 Å². The quantitative estimate of drug-likeness (QED) is 0.805. The van der Waals surface area contributed by atoms with Crippen molar-refractivity contribution in [1.29, 1.82) is 0 Å². The van der Waals surface area contributed by atoms with Crippen molar-refractivity contribution in [2.75, 3.05) is 19.6 Å². The molecule has 2 aliphatic rings. The number of carbonyl (C=O) groups excluding carboxylic acids is 2. The summed E-state index contributed by atoms with van der Waals surface area (Å²) in [5.74, 6) is 0.0401. The van der Waals surface area contributed by atoms with Gasteiger partial charge in [0.2, 0.25) is 5.91 Å². The fraction of sp³-hybridized carbons (Fsp3) is 0.619. The highest BCUT2D eigenvalue weighted by atomic mass is 32.1. The Morgan fingerprint density at radius 3 is 2.23 bits per heavy atom. The highest BCUT2D eigenvalue weighted by molar-refractivity contribution is 7.81. The van der Waals surface area contributed by atoms with Crippen LogP contribution in [0.3, 0.4) is 0 Å². The number of hydrogen-bond donors (Lipinski definition) is 1. The predicted octanol–water partition coefficient (Wildman–Crippen LogP) is 3.51. The summed E-state index contributed by atoms with van der Waals surface area (Å²) in [5, 5.41) is 0.0616. The van der Waals surface area contributed by atoms with E-state index in [1.807, 2.05) is 29.2 Å². The molecule has 5 heteroatoms. The van der Waals surface area contributed by atoms with Crippen molar-refractivity contribution in [2.45, 2.75) is 63.2 Å². The molecular formula is C21H30N2O2S. The molecule has 0 spiro atoms. The van der Waals surface area contributed by atoms with Crippen molar-refractivity contribution in [3.63, 3.8) is 0 Å². The molecule has 4 nitrogen and oxygen atoms in total. The summed E-state index contributed by atoms with van der Waals surface area (Å²) >= 11 is 4.57. The van der Waals surface area contributed by atoms with E-state index in [-0.39, 0.29) is 28.5 Å². The minimum Gasteiger partial charge on any atom is -0.341 e. The molecule has 1 aromatic carbocycles. The molecule has 0 aromatic heterocycles. The van der Waals surface area contributed by atoms with Gasteiger partial charge in [-0.2, -0.15) is 12.6 Å². The van der Waals surface area contributed by atoms with E-state index in [2.05, 4.69) is 33.4 Å². The summed E-state index contributed by atoms with van der Waals surface area (Å²) in [6, 6.07) is 7.44. The van der Waals surface area contributed by atoms with Crippen LogP contribution in [-0.4, -0.2) is 52.5 Å². The maximum Gasteiger partial charge on any atom is 0.254 e. The lowest BCUT2D eigenvalue weighted by molar-refractivity contribution is -0.136. The fourth-order valence-corrected chi connectivity index (χ4v) is 4.25. The van der Waals surface area contributed by atoms with Crippen LogP contribution >= 0.6 is 12.6 Å². The molecule has 0 aliphatic carbocycles. The van der Waals surface area contributed by atoms with Crippen LogP contribution in [0.4, 0.5) is 0 Å². The highest BCUT2D eigenvalue weighted by Gasteiger charge is 2.40. The molecule has 0 bridgehead atoms. The van der Waals surface area contributed by atoms with Crippen LogP contribution in [0.1, 0.15) is 62.4 Å². The number of amides is 2. The van der Waals surface area contributed by atoms with Crippen molar-refractivity contribution in [3.8, 4) is 0 Å². The standard InChI is InChI=1S/C21H30N2O2S/c1-21(2,3)16-9-7-15(8-10-16)19(24)23-14-17(26)13-18(23)20(25)22-11-5-4-6-12-22/h7-10,17-18,26H,4-6,11-14H2,1-3H3. The number of piperidine rings is 1. The van der Waals surface area contributed by atoms with Crippen molar-refractivity contribution >= 4 is 24.4 Å². The maximum atomic E-state index is 13.1. The number of rotatable bonds is 2. The second kappa shape index (κ2) is 7.63. The van der Waals surface area contributed by atoms with Crippen molar-refractivity contribution in [1.82, 2.24) is 9.80 Å². The van der Waals surface area contributed by atoms with Gasteiger partial charge < -0.3 is 9.80 Å². The number of thiol groups is 1. The fourth-order valence-electron chi connectivity index (χ4n) is 3.88. The lowest BCUT2D eigenvalue weighted by Gasteiger charge is -2.32. The first-order chi connectivity index (χ1) is 12.3. The van der Waals surface area contributed by atoms with Crippen molar-refractivity contribution in [3.05, 3.63) is 35.4 Å². The second-order valence-corrected chi connectivity index (χ2v) is 9.31. The van der Waals surface area contributed by atoms with Crippen LogP contribution in [0.15, 0.2) is 24.3 Å². The molecule has 142 valence electrons. The van der Waals surface area contributed by atoms with Gasteiger partial charge in [0.15, 0.2) is 0 Å². The first-order valence-corrected chi connectivity index (χ1v) is 10.2. The van der Waals surface area contributed by atoms with Crippen LogP contribution in [0.2, 0.25) is 0 Å². The van der Waals surface area contributed by atoms with Gasteiger partial charge in [-0.1, -0.05) is 32.9 Å². The highest BCUT2D eigenvalue weighted by Crippen LogP contribution is 2.28. The number of nitrogens with zero attached hydrogens (tertiary/aromatic N) is 2. The zero-order valence-electron chi connectivity index (χ0n) is 16.1. The molecule has 1 aromatic rings. The average Bonchev–Trinajstić information content (AvgIpc) is 3.02. The van der Waals surface area contributed by atoms with E-state index >= 15 is 0 Å². The lowest BCUT2D eigenvalue weighted by atomic mass is 9.86. The molecule has 2 aliphatic heterocycles. The first-order valence-electron chi connectivity index (χ1n) is 9.66. The van der Waals surface area contributed by atoms with E-state index < -0.39 is 0 Å². The molecule has 0 N–H and O–H groups in total. The summed E-state index contributed by atoms with van der Waals surface area (Å²) in [6.07, 6.45) is 3.95. The van der Waals surface area contributed by atoms with E-state index in [0.717, 1.165) is 25.9 Å². The Hall–Kier alpha value is -1.49. The SMILES string of the molecule is CC(C)(C)c1ccc(C(=O)N2CC(S)CC2C(=O)N2CCCCC2)cc1. The van der Waals surface area contributed by atoms with Gasteiger partial charge in [0.05, 0.1) is 0 Å². The topological polar surface area (TPSA) is 40.6 Å². The first kappa shape index (κ1) is 19.3. The zero-order valence-corrected chi connectivity index (χ0v) is 17.0. The van der Waals surface area contributed by atoms with Gasteiger partial charge in [0, 0.05) is 30.4 Å². The molecular weight excluding hydrogens is 344 g/mol. The van der Waals surface area contributed by atoms with E-state index in [4.69, 9.17) is 0 Å². The van der Waals surface area contributed by atoms with E-state index in [0.29, 0.717) is 18.5 Å². The second-order valence-electron chi connectivity index (χ2n) is 8.58. The molecule has 3 rings (SSSR count). The molecule has 2 atom stereocenters. The van der Waals surface area contributed by atoms with Gasteiger partial charge in [0.1, 0.15) is 6.04 Å². The van der Waals surface area contributed by atoms with E-state index in [9.17, 15) is 9.59 Å². The Bertz CT molecular complexity index is 660. The van der Waals surface area contributed by atoms with E-state index in [1.165, 1.54) is 12.0 Å². The molecule has 2 fully saturated rings. The van der Waals surface area contributed by atoms with Crippen molar-refractivity contribution in [2.24, 2.45) is 0 Å². The van der Waals surface area contributed by atoms with Crippen LogP contribution in [0.25, 0.3) is 0 Å². The van der Waals surface area contributed by atoms with Gasteiger partial charge in [0.25, 0.3) is 5.91 Å². The molecule has 2 heterocycles. The van der Waals surface area contributed by atoms with Crippen molar-refractivity contribution < 1.29 is 9.59 Å². The third kappa shape index (κ3) is 4.08. The summed E-state index contributed by atoms with van der Waals surface area (Å²) < 4.78 is 0. The van der Waals surface area contributed by atoms with Gasteiger partial charge >= 0.3 is 0 Å². The van der Waals surface area contributed by atoms with Crippen LogP contribution in [0, 0.1) is 0 Å². The minimum atomic E-state index is -0.370. The normalized spacial score (nSPS) is 24.0. The Labute approximate surface area is 162 Å². The lowest BCUT2D eigenvalue weighted by Crippen LogP contribution is -2.49. The number of benzene rings is 1. The summed E-state index contributed by atoms with van der Waals surface area (Å²) in [7, 11) is 0. The van der Waals surface area contributed by atoms with Gasteiger partial charge in [-0.3, -0.25) is 9.59 Å². The molecule has 0 saturated carbocycles. The number of likely N-dealkylation sites (tertiary alicyclic amines) is 2. The molecule has 2 unspecified atom stereocenters. The average molecular weight is 375 g/mol. The Kier molecular flexibility index (Phi) is 5.66. The van der Waals surface area contributed by atoms with Crippen LogP contribution < -0.4 is 0 Å². The molecule has 26 heavy (non-hydrogen) atoms. The Morgan fingerprint density at radius 2 is 1.65 bits per heavy atom. The summed E-state index contributed by atoms with van der Waals surface area (Å²) in [5.41, 5.74) is 1.90. The molecule has 2 amide bonds. The third-order valence-electron chi connectivity index (χ3n) is 5.49. The van der Waals surface area contributed by atoms with Crippen LogP contribution in [-0.2, 0) is 10.2 Å². The number of hydrogen-bond acceptors (Lipinski definition) is 3. The van der Waals surface area contributed by atoms with Gasteiger partial charge in [-0.15, -0.1) is 0 Å². The summed E-state index contributed by atoms with van der Waals surface area (Å²) in [6.45, 7) is 8.63.